The van der Waals surface area contributed by atoms with Gasteiger partial charge in [0.1, 0.15) is 5.75 Å². The second-order valence-corrected chi connectivity index (χ2v) is 6.10. The fourth-order valence-corrected chi connectivity index (χ4v) is 2.34. The third-order valence-corrected chi connectivity index (χ3v) is 3.80. The van der Waals surface area contributed by atoms with Gasteiger partial charge in [0.25, 0.3) is 0 Å². The lowest BCUT2D eigenvalue weighted by atomic mass is 10.2. The molecule has 1 rings (SSSR count). The molecule has 1 atom stereocenters. The fraction of sp³-hybridized carbons (Fsp3) is 0.650. The molecule has 0 spiro atoms. The molecule has 0 aliphatic carbocycles. The maximum atomic E-state index is 10.6. The molecule has 0 saturated carbocycles. The summed E-state index contributed by atoms with van der Waals surface area (Å²) in [6.07, 6.45) is 6.33. The Morgan fingerprint density at radius 3 is 2.28 bits per heavy atom. The standard InChI is InChI=1S/C20H32O5/c1-3-4-5-7-15-24-19-12-10-18(11-13-19)20(22)25-16-9-6-8-14-23-17(2)21/h10-13,20,22H,3-9,14-16H2,1-2H3. The van der Waals surface area contributed by atoms with Crippen LogP contribution in [0.25, 0.3) is 0 Å². The third-order valence-electron chi connectivity index (χ3n) is 3.80. The van der Waals surface area contributed by atoms with Gasteiger partial charge in [0.2, 0.25) is 0 Å². The second-order valence-electron chi connectivity index (χ2n) is 6.10. The topological polar surface area (TPSA) is 65.0 Å². The molecule has 1 unspecified atom stereocenters. The Balaban J connectivity index is 2.14. The number of benzene rings is 1. The number of aliphatic hydroxyl groups is 1. The molecular formula is C20H32O5. The fourth-order valence-electron chi connectivity index (χ4n) is 2.34. The normalized spacial score (nSPS) is 12.0. The molecule has 0 saturated heterocycles. The molecule has 25 heavy (non-hydrogen) atoms. The highest BCUT2D eigenvalue weighted by atomic mass is 16.6. The lowest BCUT2D eigenvalue weighted by Crippen LogP contribution is -2.06. The zero-order valence-electron chi connectivity index (χ0n) is 15.5. The average molecular weight is 352 g/mol. The smallest absolute Gasteiger partial charge is 0.302 e. The van der Waals surface area contributed by atoms with Crippen LogP contribution >= 0.6 is 0 Å². The SMILES string of the molecule is CCCCCCOc1ccc(C(O)OCCCCCOC(C)=O)cc1. The van der Waals surface area contributed by atoms with Crippen LogP contribution in [-0.2, 0) is 14.3 Å². The van der Waals surface area contributed by atoms with Crippen molar-refractivity contribution in [2.45, 2.75) is 65.1 Å². The van der Waals surface area contributed by atoms with Crippen LogP contribution in [0.2, 0.25) is 0 Å². The Hall–Kier alpha value is -1.59. The van der Waals surface area contributed by atoms with Gasteiger partial charge in [0.15, 0.2) is 6.29 Å². The van der Waals surface area contributed by atoms with Crippen LogP contribution < -0.4 is 4.74 Å². The number of aliphatic hydroxyl groups excluding tert-OH is 1. The largest absolute Gasteiger partial charge is 0.494 e. The quantitative estimate of drug-likeness (QED) is 0.306. The minimum absolute atomic E-state index is 0.250. The summed E-state index contributed by atoms with van der Waals surface area (Å²) >= 11 is 0. The summed E-state index contributed by atoms with van der Waals surface area (Å²) in [6.45, 7) is 5.23. The molecule has 0 aromatic heterocycles. The van der Waals surface area contributed by atoms with Crippen LogP contribution in [-0.4, -0.2) is 30.9 Å². The zero-order chi connectivity index (χ0) is 18.3. The lowest BCUT2D eigenvalue weighted by molar-refractivity contribution is -0.141. The molecule has 1 N–H and O–H groups in total. The number of unbranched alkanes of at least 4 members (excludes halogenated alkanes) is 5. The Morgan fingerprint density at radius 1 is 0.960 bits per heavy atom. The number of rotatable bonds is 14. The minimum Gasteiger partial charge on any atom is -0.494 e. The summed E-state index contributed by atoms with van der Waals surface area (Å²) in [5, 5.41) is 10.0. The van der Waals surface area contributed by atoms with Crippen LogP contribution in [0.15, 0.2) is 24.3 Å². The number of carbonyl (C=O) groups is 1. The van der Waals surface area contributed by atoms with E-state index in [1.165, 1.54) is 26.2 Å². The molecule has 5 heteroatoms. The first-order chi connectivity index (χ1) is 12.1. The van der Waals surface area contributed by atoms with Crippen LogP contribution in [0.4, 0.5) is 0 Å². The van der Waals surface area contributed by atoms with Crippen LogP contribution in [0.3, 0.4) is 0 Å². The van der Waals surface area contributed by atoms with Gasteiger partial charge >= 0.3 is 5.97 Å². The Labute approximate surface area is 151 Å². The average Bonchev–Trinajstić information content (AvgIpc) is 2.61. The third kappa shape index (κ3) is 10.8. The highest BCUT2D eigenvalue weighted by Crippen LogP contribution is 2.19. The molecule has 0 aliphatic rings. The summed E-state index contributed by atoms with van der Waals surface area (Å²) in [4.78, 5) is 10.6. The van der Waals surface area contributed by atoms with E-state index in [0.717, 1.165) is 43.6 Å². The van der Waals surface area contributed by atoms with E-state index < -0.39 is 6.29 Å². The van der Waals surface area contributed by atoms with Gasteiger partial charge in [0, 0.05) is 12.5 Å². The van der Waals surface area contributed by atoms with Crippen LogP contribution in [0.5, 0.6) is 5.75 Å². The Morgan fingerprint density at radius 2 is 1.60 bits per heavy atom. The van der Waals surface area contributed by atoms with E-state index in [0.29, 0.717) is 13.2 Å². The van der Waals surface area contributed by atoms with Crippen molar-refractivity contribution in [2.24, 2.45) is 0 Å². The molecule has 0 bridgehead atoms. The summed E-state index contributed by atoms with van der Waals surface area (Å²) in [6, 6.07) is 7.38. The molecule has 0 fully saturated rings. The molecule has 1 aromatic rings. The van der Waals surface area contributed by atoms with Gasteiger partial charge in [0.05, 0.1) is 19.8 Å². The molecular weight excluding hydrogens is 320 g/mol. The first kappa shape index (κ1) is 21.5. The van der Waals surface area contributed by atoms with E-state index in [1.54, 1.807) is 0 Å². The van der Waals surface area contributed by atoms with E-state index in [9.17, 15) is 9.90 Å². The number of ether oxygens (including phenoxy) is 3. The molecule has 1 aromatic carbocycles. The van der Waals surface area contributed by atoms with Gasteiger partial charge < -0.3 is 19.3 Å². The Kier molecular flexibility index (Phi) is 11.7. The van der Waals surface area contributed by atoms with Crippen molar-refractivity contribution in [3.05, 3.63) is 29.8 Å². The predicted molar refractivity (Wildman–Crippen MR) is 97.5 cm³/mol. The lowest BCUT2D eigenvalue weighted by Gasteiger charge is -2.13. The van der Waals surface area contributed by atoms with Crippen molar-refractivity contribution in [3.8, 4) is 5.75 Å². The molecule has 5 nitrogen and oxygen atoms in total. The number of esters is 1. The summed E-state index contributed by atoms with van der Waals surface area (Å²) in [5.41, 5.74) is 0.721. The van der Waals surface area contributed by atoms with Gasteiger partial charge in [-0.3, -0.25) is 4.79 Å². The van der Waals surface area contributed by atoms with Crippen molar-refractivity contribution in [1.29, 1.82) is 0 Å². The van der Waals surface area contributed by atoms with Gasteiger partial charge in [-0.05, 0) is 37.8 Å². The molecule has 142 valence electrons. The van der Waals surface area contributed by atoms with E-state index in [2.05, 4.69) is 6.92 Å². The van der Waals surface area contributed by atoms with Crippen LogP contribution in [0.1, 0.15) is 70.6 Å². The van der Waals surface area contributed by atoms with E-state index >= 15 is 0 Å². The highest BCUT2D eigenvalue weighted by molar-refractivity contribution is 5.65. The van der Waals surface area contributed by atoms with Crippen molar-refractivity contribution in [2.75, 3.05) is 19.8 Å². The van der Waals surface area contributed by atoms with Gasteiger partial charge in [-0.1, -0.05) is 38.3 Å². The number of hydrogen-bond acceptors (Lipinski definition) is 5. The predicted octanol–water partition coefficient (Wildman–Crippen LogP) is 4.39. The second kappa shape index (κ2) is 13.7. The van der Waals surface area contributed by atoms with Gasteiger partial charge in [-0.2, -0.15) is 0 Å². The van der Waals surface area contributed by atoms with Crippen molar-refractivity contribution in [1.82, 2.24) is 0 Å². The molecule has 0 radical (unpaired) electrons. The van der Waals surface area contributed by atoms with Gasteiger partial charge in [-0.25, -0.2) is 0 Å². The maximum absolute atomic E-state index is 10.6. The number of hydrogen-bond donors (Lipinski definition) is 1. The van der Waals surface area contributed by atoms with E-state index in [-0.39, 0.29) is 5.97 Å². The van der Waals surface area contributed by atoms with Crippen molar-refractivity contribution >= 4 is 5.97 Å². The van der Waals surface area contributed by atoms with E-state index in [1.807, 2.05) is 24.3 Å². The number of carbonyl (C=O) groups excluding carboxylic acids is 1. The summed E-state index contributed by atoms with van der Waals surface area (Å²) in [5.74, 6) is 0.568. The maximum Gasteiger partial charge on any atom is 0.302 e. The zero-order valence-corrected chi connectivity index (χ0v) is 15.5. The van der Waals surface area contributed by atoms with Gasteiger partial charge in [-0.15, -0.1) is 0 Å². The highest BCUT2D eigenvalue weighted by Gasteiger charge is 2.07. The first-order valence-electron chi connectivity index (χ1n) is 9.29. The molecule has 0 aliphatic heterocycles. The van der Waals surface area contributed by atoms with E-state index in [4.69, 9.17) is 14.2 Å². The first-order valence-corrected chi connectivity index (χ1v) is 9.29. The summed E-state index contributed by atoms with van der Waals surface area (Å²) in [7, 11) is 0. The summed E-state index contributed by atoms with van der Waals surface area (Å²) < 4.78 is 16.0. The minimum atomic E-state index is -0.924. The Bertz CT molecular complexity index is 458. The molecule has 0 heterocycles. The van der Waals surface area contributed by atoms with Crippen molar-refractivity contribution < 1.29 is 24.1 Å². The van der Waals surface area contributed by atoms with Crippen molar-refractivity contribution in [3.63, 3.8) is 0 Å². The molecule has 0 amide bonds. The van der Waals surface area contributed by atoms with Crippen LogP contribution in [0, 0.1) is 0 Å². The monoisotopic (exact) mass is 352 g/mol.